The molecule has 0 fully saturated rings. The van der Waals surface area contributed by atoms with Gasteiger partial charge in [0.1, 0.15) is 6.04 Å². The lowest BCUT2D eigenvalue weighted by molar-refractivity contribution is -0.140. The summed E-state index contributed by atoms with van der Waals surface area (Å²) in [7, 11) is 0. The number of nitrogens with zero attached hydrogens (tertiary/aromatic N) is 1. The maximum atomic E-state index is 12.3. The van der Waals surface area contributed by atoms with E-state index in [1.165, 1.54) is 0 Å². The van der Waals surface area contributed by atoms with Gasteiger partial charge in [-0.05, 0) is 54.4 Å². The van der Waals surface area contributed by atoms with Crippen molar-refractivity contribution in [2.24, 2.45) is 5.92 Å². The second-order valence-corrected chi connectivity index (χ2v) is 7.82. The van der Waals surface area contributed by atoms with Crippen molar-refractivity contribution >= 4 is 23.2 Å². The Labute approximate surface area is 173 Å². The number of nitrogens with one attached hydrogen (secondary N) is 1. The Balaban J connectivity index is 1.68. The minimum absolute atomic E-state index is 0.205. The maximum absolute atomic E-state index is 12.3. The quantitative estimate of drug-likeness (QED) is 0.629. The zero-order valence-corrected chi connectivity index (χ0v) is 16.9. The summed E-state index contributed by atoms with van der Waals surface area (Å²) < 4.78 is 0. The molecule has 3 aromatic rings. The minimum atomic E-state index is -1.04. The topological polar surface area (TPSA) is 79.3 Å². The Morgan fingerprint density at radius 1 is 1.03 bits per heavy atom. The van der Waals surface area contributed by atoms with Crippen molar-refractivity contribution in [2.75, 3.05) is 0 Å². The van der Waals surface area contributed by atoms with Gasteiger partial charge in [-0.3, -0.25) is 9.78 Å². The van der Waals surface area contributed by atoms with Crippen LogP contribution in [0.1, 0.15) is 34.6 Å². The largest absolute Gasteiger partial charge is 0.480 e. The van der Waals surface area contributed by atoms with Crippen molar-refractivity contribution in [3.63, 3.8) is 0 Å². The Hall–Kier alpha value is -3.43. The van der Waals surface area contributed by atoms with Gasteiger partial charge in [-0.15, -0.1) is 11.3 Å². The Morgan fingerprint density at radius 2 is 1.79 bits per heavy atom. The highest BCUT2D eigenvalue weighted by atomic mass is 32.1. The number of rotatable bonds is 5. The van der Waals surface area contributed by atoms with Gasteiger partial charge in [-0.2, -0.15) is 0 Å². The number of benzene rings is 1. The zero-order valence-electron chi connectivity index (χ0n) is 16.0. The molecule has 5 nitrogen and oxygen atoms in total. The van der Waals surface area contributed by atoms with E-state index in [0.29, 0.717) is 5.56 Å². The summed E-state index contributed by atoms with van der Waals surface area (Å²) in [5.74, 6) is 4.54. The molecule has 29 heavy (non-hydrogen) atoms. The predicted molar refractivity (Wildman–Crippen MR) is 114 cm³/mol. The van der Waals surface area contributed by atoms with Gasteiger partial charge >= 0.3 is 5.97 Å². The molecule has 0 saturated heterocycles. The molecule has 0 bridgehead atoms. The van der Waals surface area contributed by atoms with Crippen LogP contribution in [0.5, 0.6) is 0 Å². The number of aliphatic carboxylic acids is 1. The molecule has 1 aromatic carbocycles. The first-order valence-corrected chi connectivity index (χ1v) is 9.92. The van der Waals surface area contributed by atoms with E-state index < -0.39 is 17.9 Å². The summed E-state index contributed by atoms with van der Waals surface area (Å²) in [6.45, 7) is 3.50. The van der Waals surface area contributed by atoms with Gasteiger partial charge in [0.25, 0.3) is 5.91 Å². The molecule has 0 saturated carbocycles. The minimum Gasteiger partial charge on any atom is -0.480 e. The normalized spacial score (nSPS) is 11.4. The SMILES string of the molecule is CC(C)[C@H](NC(=O)c1ccc(C#Cc2ccc(-c3ccccn3)s2)cc1)C(=O)O. The first-order chi connectivity index (χ1) is 13.9. The van der Waals surface area contributed by atoms with Crippen LogP contribution in [-0.4, -0.2) is 28.0 Å². The van der Waals surface area contributed by atoms with Crippen molar-refractivity contribution in [2.45, 2.75) is 19.9 Å². The first kappa shape index (κ1) is 20.3. The van der Waals surface area contributed by atoms with Crippen molar-refractivity contribution in [1.29, 1.82) is 0 Å². The van der Waals surface area contributed by atoms with Gasteiger partial charge in [0.05, 0.1) is 15.4 Å². The van der Waals surface area contributed by atoms with Crippen LogP contribution in [0, 0.1) is 17.8 Å². The van der Waals surface area contributed by atoms with Crippen LogP contribution in [0.2, 0.25) is 0 Å². The fraction of sp³-hybridized carbons (Fsp3) is 0.174. The molecule has 2 aromatic heterocycles. The number of hydrogen-bond donors (Lipinski definition) is 2. The molecule has 0 spiro atoms. The lowest BCUT2D eigenvalue weighted by Gasteiger charge is -2.17. The first-order valence-electron chi connectivity index (χ1n) is 9.11. The number of pyridine rings is 1. The highest BCUT2D eigenvalue weighted by Crippen LogP contribution is 2.25. The fourth-order valence-electron chi connectivity index (χ4n) is 2.63. The Morgan fingerprint density at radius 3 is 2.41 bits per heavy atom. The van der Waals surface area contributed by atoms with Gasteiger partial charge in [0, 0.05) is 17.3 Å². The van der Waals surface area contributed by atoms with E-state index in [-0.39, 0.29) is 5.92 Å². The van der Waals surface area contributed by atoms with Crippen LogP contribution in [0.25, 0.3) is 10.6 Å². The molecule has 146 valence electrons. The highest BCUT2D eigenvalue weighted by Gasteiger charge is 2.23. The van der Waals surface area contributed by atoms with Crippen LogP contribution >= 0.6 is 11.3 Å². The molecule has 0 aliphatic rings. The average Bonchev–Trinajstić information content (AvgIpc) is 3.20. The monoisotopic (exact) mass is 404 g/mol. The van der Waals surface area contributed by atoms with Gasteiger partial charge < -0.3 is 10.4 Å². The number of carbonyl (C=O) groups excluding carboxylic acids is 1. The third kappa shape index (κ3) is 5.31. The van der Waals surface area contributed by atoms with Gasteiger partial charge in [-0.1, -0.05) is 31.8 Å². The fourth-order valence-corrected chi connectivity index (χ4v) is 3.46. The zero-order chi connectivity index (χ0) is 20.8. The smallest absolute Gasteiger partial charge is 0.326 e. The molecule has 1 amide bonds. The number of carboxylic acid groups (broad SMARTS) is 1. The second kappa shape index (κ2) is 9.18. The second-order valence-electron chi connectivity index (χ2n) is 6.74. The molecule has 0 aliphatic heterocycles. The van der Waals surface area contributed by atoms with Crippen LogP contribution < -0.4 is 5.32 Å². The summed E-state index contributed by atoms with van der Waals surface area (Å²) in [4.78, 5) is 29.8. The summed E-state index contributed by atoms with van der Waals surface area (Å²) in [6, 6.07) is 15.6. The third-order valence-electron chi connectivity index (χ3n) is 4.22. The van der Waals surface area contributed by atoms with Crippen molar-refractivity contribution in [3.8, 4) is 22.4 Å². The maximum Gasteiger partial charge on any atom is 0.326 e. The van der Waals surface area contributed by atoms with E-state index in [2.05, 4.69) is 22.1 Å². The van der Waals surface area contributed by atoms with Crippen molar-refractivity contribution in [3.05, 3.63) is 76.8 Å². The van der Waals surface area contributed by atoms with Crippen molar-refractivity contribution in [1.82, 2.24) is 10.3 Å². The number of aromatic nitrogens is 1. The third-order valence-corrected chi connectivity index (χ3v) is 5.24. The summed E-state index contributed by atoms with van der Waals surface area (Å²) >= 11 is 1.57. The molecule has 2 N–H and O–H groups in total. The van der Waals surface area contributed by atoms with Crippen LogP contribution in [0.3, 0.4) is 0 Å². The van der Waals surface area contributed by atoms with E-state index in [1.54, 1.807) is 55.6 Å². The molecule has 0 aliphatic carbocycles. The number of carboxylic acids is 1. The van der Waals surface area contributed by atoms with E-state index in [9.17, 15) is 14.7 Å². The molecule has 0 unspecified atom stereocenters. The Kier molecular flexibility index (Phi) is 6.43. The lowest BCUT2D eigenvalue weighted by Crippen LogP contribution is -2.44. The highest BCUT2D eigenvalue weighted by molar-refractivity contribution is 7.16. The van der Waals surface area contributed by atoms with E-state index in [0.717, 1.165) is 21.0 Å². The van der Waals surface area contributed by atoms with Crippen LogP contribution in [0.15, 0.2) is 60.8 Å². The molecule has 2 heterocycles. The van der Waals surface area contributed by atoms with Gasteiger partial charge in [0.15, 0.2) is 0 Å². The average molecular weight is 404 g/mol. The molecule has 3 rings (SSSR count). The number of amides is 1. The van der Waals surface area contributed by atoms with Gasteiger partial charge in [-0.25, -0.2) is 4.79 Å². The molecular formula is C23H20N2O3S. The standard InChI is InChI=1S/C23H20N2O3S/c1-15(2)21(23(27)28)25-22(26)17-9-6-16(7-10-17)8-11-18-12-13-20(29-18)19-5-3-4-14-24-19/h3-7,9-10,12-15,21H,1-2H3,(H,25,26)(H,27,28)/t21-/m0/s1. The van der Waals surface area contributed by atoms with E-state index >= 15 is 0 Å². The van der Waals surface area contributed by atoms with E-state index in [1.807, 2.05) is 30.3 Å². The van der Waals surface area contributed by atoms with Crippen LogP contribution in [0.4, 0.5) is 0 Å². The molecular weight excluding hydrogens is 384 g/mol. The van der Waals surface area contributed by atoms with Crippen LogP contribution in [-0.2, 0) is 4.79 Å². The number of hydrogen-bond acceptors (Lipinski definition) is 4. The lowest BCUT2D eigenvalue weighted by atomic mass is 10.0. The number of carbonyl (C=O) groups is 2. The molecule has 0 radical (unpaired) electrons. The summed E-state index contributed by atoms with van der Waals surface area (Å²) in [6.07, 6.45) is 1.76. The van der Waals surface area contributed by atoms with Gasteiger partial charge in [0.2, 0.25) is 0 Å². The number of thiophene rings is 1. The summed E-state index contributed by atoms with van der Waals surface area (Å²) in [5, 5.41) is 11.7. The summed E-state index contributed by atoms with van der Waals surface area (Å²) in [5.41, 5.74) is 2.09. The molecule has 6 heteroatoms. The Bertz CT molecular complexity index is 1060. The van der Waals surface area contributed by atoms with Crippen molar-refractivity contribution < 1.29 is 14.7 Å². The predicted octanol–water partition coefficient (Wildman–Crippen LogP) is 4.05. The molecule has 1 atom stereocenters. The van der Waals surface area contributed by atoms with E-state index in [4.69, 9.17) is 0 Å².